The van der Waals surface area contributed by atoms with Gasteiger partial charge in [-0.25, -0.2) is 0 Å². The lowest BCUT2D eigenvalue weighted by Crippen LogP contribution is -2.40. The summed E-state index contributed by atoms with van der Waals surface area (Å²) in [7, 11) is 3.41. The Labute approximate surface area is 146 Å². The summed E-state index contributed by atoms with van der Waals surface area (Å²) in [6.45, 7) is 5.47. The molecule has 1 aliphatic heterocycles. The fourth-order valence-corrected chi connectivity index (χ4v) is 3.07. The van der Waals surface area contributed by atoms with Crippen molar-refractivity contribution in [2.75, 3.05) is 12.4 Å². The van der Waals surface area contributed by atoms with E-state index in [-0.39, 0.29) is 5.91 Å². The largest absolute Gasteiger partial charge is 0.496 e. The van der Waals surface area contributed by atoms with Gasteiger partial charge in [0.05, 0.1) is 24.1 Å². The quantitative estimate of drug-likeness (QED) is 0.927. The second kappa shape index (κ2) is 6.23. The Morgan fingerprint density at radius 1 is 1.36 bits per heavy atom. The van der Waals surface area contributed by atoms with E-state index in [4.69, 9.17) is 9.57 Å². The molecule has 1 atom stereocenters. The zero-order valence-electron chi connectivity index (χ0n) is 15.1. The molecular weight excluding hydrogens is 320 g/mol. The summed E-state index contributed by atoms with van der Waals surface area (Å²) in [5.74, 6) is 1.06. The predicted octanol–water partition coefficient (Wildman–Crippen LogP) is 2.90. The Balaban J connectivity index is 1.99. The molecule has 7 heteroatoms. The lowest BCUT2D eigenvalue weighted by atomic mass is 9.99. The van der Waals surface area contributed by atoms with Crippen LogP contribution in [0.2, 0.25) is 0 Å². The summed E-state index contributed by atoms with van der Waals surface area (Å²) < 4.78 is 7.12. The number of rotatable bonds is 4. The Bertz CT molecular complexity index is 856. The summed E-state index contributed by atoms with van der Waals surface area (Å²) in [5.41, 5.74) is 2.28. The van der Waals surface area contributed by atoms with E-state index in [1.807, 2.05) is 38.1 Å². The highest BCUT2D eigenvalue weighted by atomic mass is 16.7. The number of oxime groups is 1. The van der Waals surface area contributed by atoms with Crippen LogP contribution in [0.5, 0.6) is 5.75 Å². The maximum absolute atomic E-state index is 12.8. The molecule has 0 saturated carbocycles. The third kappa shape index (κ3) is 2.97. The molecule has 1 aromatic carbocycles. The van der Waals surface area contributed by atoms with Crippen LogP contribution in [0.15, 0.2) is 29.4 Å². The fraction of sp³-hybridized carbons (Fsp3) is 0.389. The van der Waals surface area contributed by atoms with E-state index in [2.05, 4.69) is 15.6 Å². The average Bonchev–Trinajstić information content (AvgIpc) is 3.07. The Kier molecular flexibility index (Phi) is 4.24. The molecule has 0 bridgehead atoms. The summed E-state index contributed by atoms with van der Waals surface area (Å²) in [5, 5.41) is 11.3. The third-order valence-electron chi connectivity index (χ3n) is 4.31. The fourth-order valence-electron chi connectivity index (χ4n) is 3.07. The zero-order valence-corrected chi connectivity index (χ0v) is 15.1. The number of nitrogens with zero attached hydrogens (tertiary/aromatic N) is 3. The second-order valence-electron chi connectivity index (χ2n) is 6.41. The number of para-hydroxylation sites is 1. The second-order valence-corrected chi connectivity index (χ2v) is 6.41. The average molecular weight is 342 g/mol. The van der Waals surface area contributed by atoms with Gasteiger partial charge in [-0.05, 0) is 26.8 Å². The predicted molar refractivity (Wildman–Crippen MR) is 95.8 cm³/mol. The minimum atomic E-state index is -1.01. The van der Waals surface area contributed by atoms with Crippen molar-refractivity contribution in [2.24, 2.45) is 12.2 Å². The highest BCUT2D eigenvalue weighted by molar-refractivity contribution is 6.03. The van der Waals surface area contributed by atoms with Gasteiger partial charge in [-0.1, -0.05) is 23.4 Å². The van der Waals surface area contributed by atoms with E-state index in [1.165, 1.54) is 0 Å². The number of ether oxygens (including phenoxy) is 1. The first-order chi connectivity index (χ1) is 11.9. The monoisotopic (exact) mass is 342 g/mol. The van der Waals surface area contributed by atoms with Gasteiger partial charge in [0.2, 0.25) is 5.60 Å². The number of carbonyl (C=O) groups excluding carboxylic acids is 1. The summed E-state index contributed by atoms with van der Waals surface area (Å²) >= 11 is 0. The van der Waals surface area contributed by atoms with Crippen LogP contribution in [0.3, 0.4) is 0 Å². The van der Waals surface area contributed by atoms with Crippen molar-refractivity contribution in [1.29, 1.82) is 0 Å². The highest BCUT2D eigenvalue weighted by Gasteiger charge is 2.41. The molecule has 132 valence electrons. The first-order valence-electron chi connectivity index (χ1n) is 8.06. The Morgan fingerprint density at radius 2 is 2.08 bits per heavy atom. The van der Waals surface area contributed by atoms with Crippen molar-refractivity contribution >= 4 is 17.4 Å². The summed E-state index contributed by atoms with van der Waals surface area (Å²) in [6.07, 6.45) is 0.458. The van der Waals surface area contributed by atoms with E-state index in [1.54, 1.807) is 25.8 Å². The van der Waals surface area contributed by atoms with Gasteiger partial charge >= 0.3 is 0 Å². The molecule has 7 nitrogen and oxygen atoms in total. The molecule has 1 aromatic heterocycles. The zero-order chi connectivity index (χ0) is 18.2. The number of carbonyl (C=O) groups is 1. The van der Waals surface area contributed by atoms with Crippen molar-refractivity contribution in [1.82, 2.24) is 9.78 Å². The van der Waals surface area contributed by atoms with Gasteiger partial charge in [-0.2, -0.15) is 5.10 Å². The van der Waals surface area contributed by atoms with Crippen molar-refractivity contribution in [3.8, 4) is 16.9 Å². The van der Waals surface area contributed by atoms with E-state index >= 15 is 0 Å². The van der Waals surface area contributed by atoms with Crippen LogP contribution in [0.25, 0.3) is 11.1 Å². The van der Waals surface area contributed by atoms with Gasteiger partial charge < -0.3 is 14.9 Å². The molecule has 2 heterocycles. The number of benzene rings is 1. The number of aromatic nitrogens is 2. The topological polar surface area (TPSA) is 77.7 Å². The third-order valence-corrected chi connectivity index (χ3v) is 4.31. The molecule has 1 aliphatic rings. The molecule has 2 aromatic rings. The first kappa shape index (κ1) is 17.0. The smallest absolute Gasteiger partial charge is 0.272 e. The maximum atomic E-state index is 12.8. The molecule has 0 aliphatic carbocycles. The highest BCUT2D eigenvalue weighted by Crippen LogP contribution is 2.37. The van der Waals surface area contributed by atoms with E-state index < -0.39 is 5.60 Å². The van der Waals surface area contributed by atoms with Gasteiger partial charge in [0.1, 0.15) is 11.6 Å². The lowest BCUT2D eigenvalue weighted by molar-refractivity contribution is -0.136. The van der Waals surface area contributed by atoms with Crippen LogP contribution < -0.4 is 10.1 Å². The molecule has 3 rings (SSSR count). The number of aryl methyl sites for hydroxylation is 2. The van der Waals surface area contributed by atoms with Crippen molar-refractivity contribution in [3.63, 3.8) is 0 Å². The van der Waals surface area contributed by atoms with Crippen molar-refractivity contribution < 1.29 is 14.4 Å². The van der Waals surface area contributed by atoms with Crippen molar-refractivity contribution in [3.05, 3.63) is 30.0 Å². The van der Waals surface area contributed by atoms with E-state index in [0.29, 0.717) is 12.2 Å². The number of hydrogen-bond acceptors (Lipinski definition) is 5. The number of methoxy groups -OCH3 is 1. The van der Waals surface area contributed by atoms with Crippen LogP contribution in [0.4, 0.5) is 5.82 Å². The molecule has 0 radical (unpaired) electrons. The Hall–Kier alpha value is -2.83. The molecule has 1 amide bonds. The van der Waals surface area contributed by atoms with E-state index in [0.717, 1.165) is 28.3 Å². The standard InChI is InChI=1S/C18H22N4O3/c1-11-10-18(3,25-21-11)17(23)19-16-15(12(2)20-22(16)4)13-8-6-7-9-14(13)24-5/h6-9H,10H2,1-5H3,(H,19,23). The van der Waals surface area contributed by atoms with Crippen LogP contribution in [0, 0.1) is 6.92 Å². The lowest BCUT2D eigenvalue weighted by Gasteiger charge is -2.21. The van der Waals surface area contributed by atoms with Crippen LogP contribution in [-0.4, -0.2) is 34.1 Å². The minimum Gasteiger partial charge on any atom is -0.496 e. The van der Waals surface area contributed by atoms with Crippen LogP contribution in [-0.2, 0) is 16.7 Å². The molecule has 0 saturated heterocycles. The molecule has 1 N–H and O–H groups in total. The van der Waals surface area contributed by atoms with Gasteiger partial charge in [-0.3, -0.25) is 9.48 Å². The van der Waals surface area contributed by atoms with Gasteiger partial charge in [-0.15, -0.1) is 0 Å². The Morgan fingerprint density at radius 3 is 2.72 bits per heavy atom. The number of anilines is 1. The minimum absolute atomic E-state index is 0.257. The van der Waals surface area contributed by atoms with Gasteiger partial charge in [0, 0.05) is 19.0 Å². The SMILES string of the molecule is COc1ccccc1-c1c(C)nn(C)c1NC(=O)C1(C)CC(C)=NO1. The maximum Gasteiger partial charge on any atom is 0.272 e. The van der Waals surface area contributed by atoms with E-state index in [9.17, 15) is 4.79 Å². The molecule has 25 heavy (non-hydrogen) atoms. The van der Waals surface area contributed by atoms with Gasteiger partial charge in [0.15, 0.2) is 0 Å². The number of hydrogen-bond donors (Lipinski definition) is 1. The normalized spacial score (nSPS) is 19.3. The first-order valence-corrected chi connectivity index (χ1v) is 8.06. The molecule has 0 fully saturated rings. The number of nitrogens with one attached hydrogen (secondary N) is 1. The summed E-state index contributed by atoms with van der Waals surface area (Å²) in [6, 6.07) is 7.65. The van der Waals surface area contributed by atoms with Crippen molar-refractivity contribution in [2.45, 2.75) is 32.8 Å². The summed E-state index contributed by atoms with van der Waals surface area (Å²) in [4.78, 5) is 18.1. The van der Waals surface area contributed by atoms with Crippen LogP contribution >= 0.6 is 0 Å². The van der Waals surface area contributed by atoms with Gasteiger partial charge in [0.25, 0.3) is 5.91 Å². The van der Waals surface area contributed by atoms with Crippen LogP contribution in [0.1, 0.15) is 26.0 Å². The number of amides is 1. The molecule has 0 spiro atoms. The molecule has 1 unspecified atom stereocenters. The molecular formula is C18H22N4O3.